The van der Waals surface area contributed by atoms with Gasteiger partial charge in [0.05, 0.1) is 12.2 Å². The molecule has 0 radical (unpaired) electrons. The summed E-state index contributed by atoms with van der Waals surface area (Å²) in [4.78, 5) is 3.76. The molecule has 1 N–H and O–H groups in total. The molecule has 0 bridgehead atoms. The predicted molar refractivity (Wildman–Crippen MR) is 66.5 cm³/mol. The monoisotopic (exact) mass is 268 g/mol. The molecule has 1 aromatic heterocycles. The lowest BCUT2D eigenvalue weighted by atomic mass is 9.99. The highest BCUT2D eigenvalue weighted by molar-refractivity contribution is 6.31. The molecule has 0 saturated carbocycles. The van der Waals surface area contributed by atoms with E-state index in [0.29, 0.717) is 10.6 Å². The van der Waals surface area contributed by atoms with Crippen molar-refractivity contribution >= 4 is 11.6 Å². The fraction of sp³-hybridized carbons (Fsp3) is 0.154. The summed E-state index contributed by atoms with van der Waals surface area (Å²) in [6.07, 6.45) is 2.58. The first kappa shape index (κ1) is 12.9. The highest BCUT2D eigenvalue weighted by Gasteiger charge is 2.19. The highest BCUT2D eigenvalue weighted by atomic mass is 35.5. The highest BCUT2D eigenvalue weighted by Crippen LogP contribution is 2.30. The van der Waals surface area contributed by atoms with Gasteiger partial charge in [0.15, 0.2) is 0 Å². The number of halogens is 3. The molecular formula is C13H11ClF2N2. The maximum absolute atomic E-state index is 13.8. The van der Waals surface area contributed by atoms with Gasteiger partial charge in [0.25, 0.3) is 0 Å². The van der Waals surface area contributed by atoms with Crippen LogP contribution in [0.2, 0.25) is 5.02 Å². The molecule has 2 rings (SSSR count). The zero-order chi connectivity index (χ0) is 13.1. The summed E-state index contributed by atoms with van der Waals surface area (Å²) in [5, 5.41) is 3.20. The smallest absolute Gasteiger partial charge is 0.141 e. The first-order chi connectivity index (χ1) is 8.63. The van der Waals surface area contributed by atoms with E-state index in [1.54, 1.807) is 13.1 Å². The van der Waals surface area contributed by atoms with Crippen molar-refractivity contribution in [1.82, 2.24) is 10.3 Å². The van der Waals surface area contributed by atoms with Gasteiger partial charge in [0.1, 0.15) is 11.6 Å². The van der Waals surface area contributed by atoms with Crippen LogP contribution < -0.4 is 5.32 Å². The normalized spacial score (nSPS) is 12.4. The second-order valence-corrected chi connectivity index (χ2v) is 4.20. The van der Waals surface area contributed by atoms with Crippen LogP contribution >= 0.6 is 11.6 Å². The van der Waals surface area contributed by atoms with Crippen molar-refractivity contribution in [2.45, 2.75) is 6.04 Å². The van der Waals surface area contributed by atoms with E-state index < -0.39 is 17.7 Å². The van der Waals surface area contributed by atoms with Crippen LogP contribution in [-0.2, 0) is 0 Å². The molecule has 1 atom stereocenters. The average Bonchev–Trinajstić information content (AvgIpc) is 2.34. The number of benzene rings is 1. The minimum absolute atomic E-state index is 0.286. The Morgan fingerprint density at radius 3 is 2.67 bits per heavy atom. The molecule has 0 spiro atoms. The molecule has 18 heavy (non-hydrogen) atoms. The molecule has 0 amide bonds. The average molecular weight is 269 g/mol. The van der Waals surface area contributed by atoms with Gasteiger partial charge >= 0.3 is 0 Å². The quantitative estimate of drug-likeness (QED) is 0.924. The molecule has 0 saturated heterocycles. The Bertz CT molecular complexity index is 540. The maximum Gasteiger partial charge on any atom is 0.141 e. The van der Waals surface area contributed by atoms with E-state index >= 15 is 0 Å². The third-order valence-corrected chi connectivity index (χ3v) is 2.97. The second kappa shape index (κ2) is 5.42. The number of nitrogens with one attached hydrogen (secondary N) is 1. The van der Waals surface area contributed by atoms with Crippen molar-refractivity contribution in [2.75, 3.05) is 7.05 Å². The van der Waals surface area contributed by atoms with Crippen molar-refractivity contribution in [3.05, 3.63) is 64.4 Å². The van der Waals surface area contributed by atoms with Crippen LogP contribution in [0.3, 0.4) is 0 Å². The zero-order valence-corrected chi connectivity index (χ0v) is 10.4. The summed E-state index contributed by atoms with van der Waals surface area (Å²) in [6, 6.07) is 5.20. The van der Waals surface area contributed by atoms with Crippen molar-refractivity contribution in [2.24, 2.45) is 0 Å². The first-order valence-electron chi connectivity index (χ1n) is 5.35. The number of aromatic nitrogens is 1. The molecule has 0 aliphatic rings. The van der Waals surface area contributed by atoms with Crippen LogP contribution in [0.15, 0.2) is 36.7 Å². The fourth-order valence-electron chi connectivity index (χ4n) is 1.85. The summed E-state index contributed by atoms with van der Waals surface area (Å²) in [7, 11) is 1.65. The Morgan fingerprint density at radius 2 is 2.06 bits per heavy atom. The van der Waals surface area contributed by atoms with Gasteiger partial charge in [0, 0.05) is 16.8 Å². The van der Waals surface area contributed by atoms with E-state index in [4.69, 9.17) is 11.6 Å². The number of hydrogen-bond donors (Lipinski definition) is 1. The Kier molecular flexibility index (Phi) is 3.89. The summed E-state index contributed by atoms with van der Waals surface area (Å²) >= 11 is 6.00. The number of rotatable bonds is 3. The van der Waals surface area contributed by atoms with Gasteiger partial charge in [-0.15, -0.1) is 0 Å². The van der Waals surface area contributed by atoms with Crippen LogP contribution in [0.5, 0.6) is 0 Å². The third kappa shape index (κ3) is 2.49. The second-order valence-electron chi connectivity index (χ2n) is 3.79. The van der Waals surface area contributed by atoms with Crippen molar-refractivity contribution < 1.29 is 8.78 Å². The summed E-state index contributed by atoms with van der Waals surface area (Å²) < 4.78 is 27.0. The maximum atomic E-state index is 13.8. The standard InChI is InChI=1S/C13H11ClF2N2/c1-17-13(8-5-9(15)7-18-6-8)12-10(14)3-2-4-11(12)16/h2-7,13,17H,1H3. The molecule has 5 heteroatoms. The molecule has 1 aromatic carbocycles. The van der Waals surface area contributed by atoms with Gasteiger partial charge in [-0.05, 0) is 30.8 Å². The third-order valence-electron chi connectivity index (χ3n) is 2.64. The number of nitrogens with zero attached hydrogens (tertiary/aromatic N) is 1. The van der Waals surface area contributed by atoms with E-state index in [1.165, 1.54) is 24.4 Å². The molecule has 1 unspecified atom stereocenters. The molecule has 0 aliphatic carbocycles. The Morgan fingerprint density at radius 1 is 1.28 bits per heavy atom. The van der Waals surface area contributed by atoms with Crippen molar-refractivity contribution in [3.8, 4) is 0 Å². The predicted octanol–water partition coefficient (Wildman–Crippen LogP) is 3.32. The molecule has 2 nitrogen and oxygen atoms in total. The molecule has 0 aliphatic heterocycles. The van der Waals surface area contributed by atoms with E-state index in [-0.39, 0.29) is 5.56 Å². The lowest BCUT2D eigenvalue weighted by Crippen LogP contribution is -2.19. The van der Waals surface area contributed by atoms with Gasteiger partial charge in [-0.2, -0.15) is 0 Å². The van der Waals surface area contributed by atoms with Crippen LogP contribution in [0.25, 0.3) is 0 Å². The first-order valence-corrected chi connectivity index (χ1v) is 5.73. The van der Waals surface area contributed by atoms with Crippen LogP contribution in [0.4, 0.5) is 8.78 Å². The molecular weight excluding hydrogens is 258 g/mol. The number of hydrogen-bond acceptors (Lipinski definition) is 2. The van der Waals surface area contributed by atoms with Crippen molar-refractivity contribution in [3.63, 3.8) is 0 Å². The number of pyridine rings is 1. The molecule has 94 valence electrons. The molecule has 2 aromatic rings. The topological polar surface area (TPSA) is 24.9 Å². The van der Waals surface area contributed by atoms with E-state index in [2.05, 4.69) is 10.3 Å². The van der Waals surface area contributed by atoms with E-state index in [0.717, 1.165) is 6.20 Å². The lowest BCUT2D eigenvalue weighted by Gasteiger charge is -2.18. The minimum Gasteiger partial charge on any atom is -0.309 e. The Labute approximate surface area is 109 Å². The Hall–Kier alpha value is -1.52. The summed E-state index contributed by atoms with van der Waals surface area (Å²) in [6.45, 7) is 0. The molecule has 1 heterocycles. The lowest BCUT2D eigenvalue weighted by molar-refractivity contribution is 0.569. The van der Waals surface area contributed by atoms with Crippen LogP contribution in [-0.4, -0.2) is 12.0 Å². The van der Waals surface area contributed by atoms with Gasteiger partial charge in [0.2, 0.25) is 0 Å². The van der Waals surface area contributed by atoms with E-state index in [1.807, 2.05) is 0 Å². The van der Waals surface area contributed by atoms with Crippen molar-refractivity contribution in [1.29, 1.82) is 0 Å². The Balaban J connectivity index is 2.52. The van der Waals surface area contributed by atoms with E-state index in [9.17, 15) is 8.78 Å². The zero-order valence-electron chi connectivity index (χ0n) is 9.62. The van der Waals surface area contributed by atoms with Gasteiger partial charge in [-0.1, -0.05) is 17.7 Å². The molecule has 0 fully saturated rings. The minimum atomic E-state index is -0.540. The summed E-state index contributed by atoms with van der Waals surface area (Å²) in [5.41, 5.74) is 0.804. The van der Waals surface area contributed by atoms with Gasteiger partial charge in [-0.25, -0.2) is 8.78 Å². The largest absolute Gasteiger partial charge is 0.309 e. The summed E-state index contributed by atoms with van der Waals surface area (Å²) in [5.74, 6) is -0.911. The fourth-order valence-corrected chi connectivity index (χ4v) is 2.12. The van der Waals surface area contributed by atoms with Crippen LogP contribution in [0, 0.1) is 11.6 Å². The van der Waals surface area contributed by atoms with Gasteiger partial charge < -0.3 is 5.32 Å². The SMILES string of the molecule is CNC(c1cncc(F)c1)c1c(F)cccc1Cl. The van der Waals surface area contributed by atoms with Gasteiger partial charge in [-0.3, -0.25) is 4.98 Å². The van der Waals surface area contributed by atoms with Crippen LogP contribution in [0.1, 0.15) is 17.2 Å².